The van der Waals surface area contributed by atoms with Crippen LogP contribution >= 0.6 is 0 Å². The molecule has 0 aromatic carbocycles. The van der Waals surface area contributed by atoms with Crippen LogP contribution in [0.4, 0.5) is 0 Å². The van der Waals surface area contributed by atoms with E-state index in [9.17, 15) is 34.2 Å². The van der Waals surface area contributed by atoms with Gasteiger partial charge in [0.15, 0.2) is 0 Å². The smallest absolute Gasteiger partial charge is 0.550 e. The standard InChI is InChI=1S/C28H54O4.C23H43NO5.2Na/c1-26(2)22-18-14-10-8-6-4-3-5-7-9-13-17-21-25-32-28(31)24-20-16-12-11-15-19-23-27(29)30;1-2-3-4-5-6-7-8-9-10-11-12-13-14-15-16-17-22(27)29-23(28)20(24)18-19-21(25)26;;/h26H,3-25H2,1-2H3,(H,29,30);20H,2-19,24H2,1H3,(H,25,26);;/q;;2*+1/p-2/t;20-;;/m.0../s1. The molecule has 0 amide bonds. The molecule has 0 aliphatic carbocycles. The maximum absolute atomic E-state index is 11.7. The van der Waals surface area contributed by atoms with E-state index >= 15 is 0 Å². The zero-order chi connectivity index (χ0) is 45.4. The van der Waals surface area contributed by atoms with Gasteiger partial charge in [-0.25, -0.2) is 4.79 Å². The van der Waals surface area contributed by atoms with E-state index in [1.807, 2.05) is 0 Å². The van der Waals surface area contributed by atoms with Gasteiger partial charge in [0, 0.05) is 24.8 Å². The second-order valence-electron chi connectivity index (χ2n) is 18.0. The number of aliphatic carboxylic acids is 2. The molecule has 0 heterocycles. The summed E-state index contributed by atoms with van der Waals surface area (Å²) in [7, 11) is 0. The van der Waals surface area contributed by atoms with Crippen molar-refractivity contribution in [3.8, 4) is 0 Å². The summed E-state index contributed by atoms with van der Waals surface area (Å²) >= 11 is 0. The number of nitrogens with two attached hydrogens (primary N) is 1. The molecule has 0 aromatic rings. The van der Waals surface area contributed by atoms with Crippen molar-refractivity contribution in [1.29, 1.82) is 0 Å². The molecule has 0 aliphatic heterocycles. The third-order valence-electron chi connectivity index (χ3n) is 11.4. The maximum atomic E-state index is 11.7. The Hall–Kier alpha value is -0.490. The van der Waals surface area contributed by atoms with Crippen molar-refractivity contribution >= 4 is 29.8 Å². The summed E-state index contributed by atoms with van der Waals surface area (Å²) in [4.78, 5) is 55.5. The van der Waals surface area contributed by atoms with Gasteiger partial charge in [-0.15, -0.1) is 0 Å². The van der Waals surface area contributed by atoms with Crippen molar-refractivity contribution in [3.05, 3.63) is 0 Å². The number of carbonyl (C=O) groups is 5. The van der Waals surface area contributed by atoms with Gasteiger partial charge < -0.3 is 35.0 Å². The number of hydrogen-bond donors (Lipinski definition) is 1. The van der Waals surface area contributed by atoms with Gasteiger partial charge in [0.05, 0.1) is 6.61 Å². The van der Waals surface area contributed by atoms with Crippen molar-refractivity contribution in [2.75, 3.05) is 6.61 Å². The third kappa shape index (κ3) is 61.5. The van der Waals surface area contributed by atoms with Crippen LogP contribution in [0.15, 0.2) is 0 Å². The minimum absolute atomic E-state index is 0. The van der Waals surface area contributed by atoms with Gasteiger partial charge in [0.25, 0.3) is 0 Å². The average molecular weight is 912 g/mol. The molecule has 0 rings (SSSR count). The molecular formula is C51H95NNa2O9. The average Bonchev–Trinajstić information content (AvgIpc) is 3.22. The molecule has 0 saturated heterocycles. The number of carboxylic acid groups (broad SMARTS) is 2. The summed E-state index contributed by atoms with van der Waals surface area (Å²) in [6.07, 6.45) is 43.5. The van der Waals surface area contributed by atoms with Crippen LogP contribution in [0.1, 0.15) is 278 Å². The van der Waals surface area contributed by atoms with Crippen LogP contribution in [0.3, 0.4) is 0 Å². The van der Waals surface area contributed by atoms with Gasteiger partial charge in [0.1, 0.15) is 6.04 Å². The number of ether oxygens (including phenoxy) is 2. The summed E-state index contributed by atoms with van der Waals surface area (Å²) < 4.78 is 9.97. The topological polar surface area (TPSA) is 176 Å². The van der Waals surface area contributed by atoms with Crippen molar-refractivity contribution in [1.82, 2.24) is 0 Å². The van der Waals surface area contributed by atoms with E-state index in [2.05, 4.69) is 25.5 Å². The Morgan fingerprint density at radius 2 is 0.730 bits per heavy atom. The van der Waals surface area contributed by atoms with Crippen molar-refractivity contribution < 1.29 is 103 Å². The molecule has 0 aliphatic rings. The number of esters is 3. The summed E-state index contributed by atoms with van der Waals surface area (Å²) in [5, 5.41) is 20.6. The van der Waals surface area contributed by atoms with E-state index < -0.39 is 29.9 Å². The van der Waals surface area contributed by atoms with Crippen LogP contribution in [0, 0.1) is 5.92 Å². The molecule has 10 nitrogen and oxygen atoms in total. The molecule has 12 heteroatoms. The van der Waals surface area contributed by atoms with Gasteiger partial charge in [-0.05, 0) is 50.9 Å². The quantitative estimate of drug-likeness (QED) is 0.0345. The van der Waals surface area contributed by atoms with Crippen LogP contribution in [0.5, 0.6) is 0 Å². The fourth-order valence-electron chi connectivity index (χ4n) is 7.37. The molecule has 0 bridgehead atoms. The predicted molar refractivity (Wildman–Crippen MR) is 245 cm³/mol. The SMILES string of the molecule is CC(C)CCCCCCCCCCCCCCCOC(=O)CCCCCCCCC(=O)[O-].CCCCCCCCCCCCCCCCCC(=O)OC(=O)[C@@H](N)CCC(=O)[O-].[Na+].[Na+]. The molecule has 0 radical (unpaired) electrons. The molecule has 1 atom stereocenters. The third-order valence-corrected chi connectivity index (χ3v) is 11.4. The number of hydrogen-bond acceptors (Lipinski definition) is 10. The van der Waals surface area contributed by atoms with E-state index in [0.717, 1.165) is 63.7 Å². The Labute approximate surface area is 431 Å². The molecule has 0 aromatic heterocycles. The van der Waals surface area contributed by atoms with Gasteiger partial charge in [-0.1, -0.05) is 220 Å². The van der Waals surface area contributed by atoms with E-state index in [0.29, 0.717) is 25.9 Å². The molecule has 360 valence electrons. The predicted octanol–water partition coefficient (Wildman–Crippen LogP) is 5.70. The van der Waals surface area contributed by atoms with Crippen LogP contribution in [0.25, 0.3) is 0 Å². The zero-order valence-corrected chi connectivity index (χ0v) is 45.9. The number of rotatable bonds is 45. The first kappa shape index (κ1) is 69.1. The minimum Gasteiger partial charge on any atom is -0.550 e. The number of carboxylic acids is 2. The van der Waals surface area contributed by atoms with Gasteiger partial charge in [-0.3, -0.25) is 9.59 Å². The normalized spacial score (nSPS) is 11.2. The van der Waals surface area contributed by atoms with E-state index in [1.54, 1.807) is 0 Å². The number of unbranched alkanes of at least 4 members (excludes halogenated alkanes) is 31. The van der Waals surface area contributed by atoms with Crippen LogP contribution in [0.2, 0.25) is 0 Å². The van der Waals surface area contributed by atoms with Crippen molar-refractivity contribution in [3.63, 3.8) is 0 Å². The van der Waals surface area contributed by atoms with Crippen molar-refractivity contribution in [2.45, 2.75) is 284 Å². The minimum atomic E-state index is -1.28. The van der Waals surface area contributed by atoms with Crippen molar-refractivity contribution in [2.24, 2.45) is 11.7 Å². The first-order chi connectivity index (χ1) is 29.5. The van der Waals surface area contributed by atoms with E-state index in [4.69, 9.17) is 10.5 Å². The fraction of sp³-hybridized carbons (Fsp3) is 0.902. The van der Waals surface area contributed by atoms with Gasteiger partial charge in [0.2, 0.25) is 0 Å². The van der Waals surface area contributed by atoms with Gasteiger partial charge >= 0.3 is 77.0 Å². The van der Waals surface area contributed by atoms with E-state index in [1.165, 1.54) is 154 Å². The summed E-state index contributed by atoms with van der Waals surface area (Å²) in [6, 6.07) is -1.10. The number of carbonyl (C=O) groups excluding carboxylic acids is 5. The van der Waals surface area contributed by atoms with Crippen LogP contribution < -0.4 is 75.1 Å². The second kappa shape index (κ2) is 55.8. The first-order valence-electron chi connectivity index (χ1n) is 25.5. The fourth-order valence-corrected chi connectivity index (χ4v) is 7.37. The Balaban J connectivity index is -0.000000538. The van der Waals surface area contributed by atoms with E-state index in [-0.39, 0.29) is 90.8 Å². The first-order valence-corrected chi connectivity index (χ1v) is 25.5. The zero-order valence-electron chi connectivity index (χ0n) is 41.9. The second-order valence-corrected chi connectivity index (χ2v) is 18.0. The maximum Gasteiger partial charge on any atom is 1.00 e. The van der Waals surface area contributed by atoms with Gasteiger partial charge in [-0.2, -0.15) is 0 Å². The Morgan fingerprint density at radius 3 is 1.10 bits per heavy atom. The molecule has 0 fully saturated rings. The molecular weight excluding hydrogens is 817 g/mol. The summed E-state index contributed by atoms with van der Waals surface area (Å²) in [6.45, 7) is 7.45. The summed E-state index contributed by atoms with van der Waals surface area (Å²) in [5.41, 5.74) is 5.48. The Kier molecular flexibility index (Phi) is 61.2. The molecule has 0 unspecified atom stereocenters. The summed E-state index contributed by atoms with van der Waals surface area (Å²) in [5.74, 6) is -2.90. The molecule has 0 saturated carbocycles. The molecule has 2 N–H and O–H groups in total. The monoisotopic (exact) mass is 912 g/mol. The van der Waals surface area contributed by atoms with Crippen LogP contribution in [-0.2, 0) is 33.4 Å². The Morgan fingerprint density at radius 1 is 0.413 bits per heavy atom. The molecule has 0 spiro atoms. The molecule has 63 heavy (non-hydrogen) atoms. The van der Waals surface area contributed by atoms with Crippen LogP contribution in [-0.4, -0.2) is 42.5 Å². The Bertz CT molecular complexity index is 1030. The largest absolute Gasteiger partial charge is 1.00 e.